The normalized spacial score (nSPS) is 16.1. The van der Waals surface area contributed by atoms with Crippen LogP contribution in [-0.4, -0.2) is 76.2 Å². The van der Waals surface area contributed by atoms with Gasteiger partial charge in [-0.3, -0.25) is 14.4 Å². The van der Waals surface area contributed by atoms with Gasteiger partial charge in [0.15, 0.2) is 6.04 Å². The van der Waals surface area contributed by atoms with Crippen molar-refractivity contribution in [2.45, 2.75) is 84.2 Å². The molecule has 0 aromatic heterocycles. The number of nitrogens with two attached hydrogens (primary N) is 1. The average Bonchev–Trinajstić information content (AvgIpc) is 2.66. The summed E-state index contributed by atoms with van der Waals surface area (Å²) in [6, 6.07) is -4.17. The van der Waals surface area contributed by atoms with Crippen molar-refractivity contribution < 1.29 is 29.4 Å². The van der Waals surface area contributed by atoms with Crippen LogP contribution in [0.15, 0.2) is 0 Å². The number of carbonyl (C=O) groups excluding carboxylic acids is 3. The van der Waals surface area contributed by atoms with Crippen molar-refractivity contribution in [1.82, 2.24) is 16.0 Å². The van der Waals surface area contributed by atoms with E-state index in [0.29, 0.717) is 18.6 Å². The summed E-state index contributed by atoms with van der Waals surface area (Å²) in [7, 11) is 0. The Morgan fingerprint density at radius 2 is 1.34 bits per heavy atom. The molecule has 11 heteroatoms. The lowest BCUT2D eigenvalue weighted by Crippen LogP contribution is -2.58. The van der Waals surface area contributed by atoms with E-state index >= 15 is 0 Å². The van der Waals surface area contributed by atoms with Crippen LogP contribution >= 0.6 is 11.8 Å². The molecule has 0 bridgehead atoms. The lowest BCUT2D eigenvalue weighted by molar-refractivity contribution is -0.145. The van der Waals surface area contributed by atoms with E-state index in [1.165, 1.54) is 18.7 Å². The molecule has 10 nitrogen and oxygen atoms in total. The van der Waals surface area contributed by atoms with Gasteiger partial charge in [-0.15, -0.1) is 0 Å². The van der Waals surface area contributed by atoms with Crippen LogP contribution in [0.4, 0.5) is 0 Å². The molecule has 0 aromatic rings. The Morgan fingerprint density at radius 1 is 0.844 bits per heavy atom. The molecule has 0 spiro atoms. The summed E-state index contributed by atoms with van der Waals surface area (Å²) in [6.07, 6.45) is 1.58. The van der Waals surface area contributed by atoms with Crippen LogP contribution in [0.3, 0.4) is 0 Å². The number of carbonyl (C=O) groups is 4. The number of aliphatic hydroxyl groups is 1. The van der Waals surface area contributed by atoms with Gasteiger partial charge in [-0.2, -0.15) is 11.8 Å². The van der Waals surface area contributed by atoms with Crippen LogP contribution in [0, 0.1) is 11.8 Å². The van der Waals surface area contributed by atoms with Crippen LogP contribution in [0.1, 0.15) is 53.9 Å². The van der Waals surface area contributed by atoms with Crippen LogP contribution in [0.5, 0.6) is 0 Å². The number of carboxylic acids is 1. The molecule has 186 valence electrons. The highest BCUT2D eigenvalue weighted by molar-refractivity contribution is 7.98. The topological polar surface area (TPSA) is 171 Å². The van der Waals surface area contributed by atoms with Gasteiger partial charge in [0.05, 0.1) is 12.1 Å². The fourth-order valence-corrected chi connectivity index (χ4v) is 3.49. The zero-order chi connectivity index (χ0) is 25.0. The second-order valence-electron chi connectivity index (χ2n) is 8.83. The van der Waals surface area contributed by atoms with Crippen LogP contribution in [0.2, 0.25) is 0 Å². The van der Waals surface area contributed by atoms with Gasteiger partial charge in [0, 0.05) is 0 Å². The van der Waals surface area contributed by atoms with Gasteiger partial charge in [0.1, 0.15) is 12.1 Å². The van der Waals surface area contributed by atoms with Gasteiger partial charge < -0.3 is 31.9 Å². The summed E-state index contributed by atoms with van der Waals surface area (Å²) in [4.78, 5) is 49.4. The van der Waals surface area contributed by atoms with Gasteiger partial charge >= 0.3 is 5.97 Å². The molecular weight excluding hydrogens is 436 g/mol. The number of thioether (sulfide) groups is 1. The largest absolute Gasteiger partial charge is 0.480 e. The molecule has 3 amide bonds. The molecule has 32 heavy (non-hydrogen) atoms. The maximum Gasteiger partial charge on any atom is 0.328 e. The van der Waals surface area contributed by atoms with Gasteiger partial charge in [0.2, 0.25) is 17.7 Å². The van der Waals surface area contributed by atoms with Crippen molar-refractivity contribution in [2.24, 2.45) is 17.6 Å². The molecule has 0 aliphatic carbocycles. The summed E-state index contributed by atoms with van der Waals surface area (Å²) in [5, 5.41) is 26.4. The number of aliphatic hydroxyl groups excluding tert-OH is 1. The molecule has 0 saturated carbocycles. The minimum Gasteiger partial charge on any atom is -0.480 e. The monoisotopic (exact) mass is 476 g/mol. The van der Waals surface area contributed by atoms with Crippen molar-refractivity contribution in [3.63, 3.8) is 0 Å². The molecule has 0 aliphatic heterocycles. The first-order chi connectivity index (χ1) is 14.8. The summed E-state index contributed by atoms with van der Waals surface area (Å²) in [5.74, 6) is -2.26. The number of carboxylic acid groups (broad SMARTS) is 1. The first-order valence-corrected chi connectivity index (χ1v) is 12.3. The summed E-state index contributed by atoms with van der Waals surface area (Å²) in [5.41, 5.74) is 5.93. The zero-order valence-electron chi connectivity index (χ0n) is 19.9. The minimum atomic E-state index is -1.50. The Labute approximate surface area is 194 Å². The number of aliphatic carboxylic acids is 1. The fourth-order valence-electron chi connectivity index (χ4n) is 3.02. The molecule has 0 rings (SSSR count). The number of hydrogen-bond acceptors (Lipinski definition) is 7. The minimum absolute atomic E-state index is 0.0810. The molecule has 0 radical (unpaired) electrons. The Hall–Kier alpha value is -1.85. The molecule has 5 unspecified atom stereocenters. The molecular formula is C21H40N4O6S. The van der Waals surface area contributed by atoms with E-state index in [-0.39, 0.29) is 18.3 Å². The number of rotatable bonds is 15. The van der Waals surface area contributed by atoms with E-state index in [0.717, 1.165) is 0 Å². The lowest BCUT2D eigenvalue weighted by Gasteiger charge is -2.26. The third-order valence-corrected chi connectivity index (χ3v) is 5.34. The zero-order valence-corrected chi connectivity index (χ0v) is 20.7. The Kier molecular flexibility index (Phi) is 14.2. The fraction of sp³-hybridized carbons (Fsp3) is 0.810. The van der Waals surface area contributed by atoms with Gasteiger partial charge in [-0.25, -0.2) is 4.79 Å². The molecule has 5 atom stereocenters. The SMILES string of the molecule is CSCCC(NC(=O)C(CC(C)C)NC(=O)C(N)CC(C)C)C(=O)NC(C(=O)O)C(C)O. The molecule has 0 aromatic carbocycles. The molecule has 7 N–H and O–H groups in total. The molecule has 0 aliphatic rings. The van der Waals surface area contributed by atoms with Crippen molar-refractivity contribution in [2.75, 3.05) is 12.0 Å². The smallest absolute Gasteiger partial charge is 0.328 e. The predicted molar refractivity (Wildman–Crippen MR) is 125 cm³/mol. The quantitative estimate of drug-likeness (QED) is 0.193. The van der Waals surface area contributed by atoms with E-state index in [2.05, 4.69) is 16.0 Å². The number of nitrogens with one attached hydrogen (secondary N) is 3. The second-order valence-corrected chi connectivity index (χ2v) is 9.82. The van der Waals surface area contributed by atoms with Crippen molar-refractivity contribution in [3.05, 3.63) is 0 Å². The van der Waals surface area contributed by atoms with Crippen LogP contribution < -0.4 is 21.7 Å². The van der Waals surface area contributed by atoms with E-state index in [4.69, 9.17) is 5.73 Å². The summed E-state index contributed by atoms with van der Waals surface area (Å²) >= 11 is 1.46. The predicted octanol–water partition coefficient (Wildman–Crippen LogP) is 0.0788. The molecule has 0 fully saturated rings. The van der Waals surface area contributed by atoms with E-state index in [1.54, 1.807) is 0 Å². The molecule has 0 heterocycles. The van der Waals surface area contributed by atoms with E-state index in [1.807, 2.05) is 34.0 Å². The van der Waals surface area contributed by atoms with Gasteiger partial charge in [-0.05, 0) is 50.0 Å². The van der Waals surface area contributed by atoms with Crippen LogP contribution in [-0.2, 0) is 19.2 Å². The number of hydrogen-bond donors (Lipinski definition) is 6. The first-order valence-electron chi connectivity index (χ1n) is 10.9. The third-order valence-electron chi connectivity index (χ3n) is 4.69. The summed E-state index contributed by atoms with van der Waals surface area (Å²) < 4.78 is 0. The Bertz CT molecular complexity index is 629. The van der Waals surface area contributed by atoms with Gasteiger partial charge in [0.25, 0.3) is 0 Å². The summed E-state index contributed by atoms with van der Waals surface area (Å²) in [6.45, 7) is 8.94. The van der Waals surface area contributed by atoms with E-state index in [9.17, 15) is 29.4 Å². The number of amides is 3. The van der Waals surface area contributed by atoms with Crippen molar-refractivity contribution in [3.8, 4) is 0 Å². The highest BCUT2D eigenvalue weighted by Gasteiger charge is 2.32. The van der Waals surface area contributed by atoms with Crippen molar-refractivity contribution >= 4 is 35.5 Å². The first kappa shape index (κ1) is 30.1. The highest BCUT2D eigenvalue weighted by Crippen LogP contribution is 2.09. The standard InChI is InChI=1S/C21H40N4O6S/c1-11(2)9-14(22)18(27)24-16(10-12(3)4)20(29)23-15(7-8-32-6)19(28)25-17(13(5)26)21(30)31/h11-17,26H,7-10,22H2,1-6H3,(H,23,29)(H,24,27)(H,25,28)(H,30,31). The highest BCUT2D eigenvalue weighted by atomic mass is 32.2. The second kappa shape index (κ2) is 15.1. The lowest BCUT2D eigenvalue weighted by atomic mass is 10.00. The van der Waals surface area contributed by atoms with E-state index < -0.39 is 54.0 Å². The third kappa shape index (κ3) is 11.7. The van der Waals surface area contributed by atoms with Crippen molar-refractivity contribution in [1.29, 1.82) is 0 Å². The average molecular weight is 477 g/mol. The molecule has 0 saturated heterocycles. The maximum absolute atomic E-state index is 13.0. The Morgan fingerprint density at radius 3 is 1.78 bits per heavy atom. The maximum atomic E-state index is 13.0. The Balaban J connectivity index is 5.44. The van der Waals surface area contributed by atoms with Gasteiger partial charge in [-0.1, -0.05) is 27.7 Å². The van der Waals surface area contributed by atoms with Crippen LogP contribution in [0.25, 0.3) is 0 Å².